The number of hydrogen-bond donors (Lipinski definition) is 0. The third-order valence-electron chi connectivity index (χ3n) is 3.45. The average Bonchev–Trinajstić information content (AvgIpc) is 2.29. The number of carbonyl (C=O) groups is 1. The van der Waals surface area contributed by atoms with E-state index in [2.05, 4.69) is 22.9 Å². The van der Waals surface area contributed by atoms with Crippen molar-refractivity contribution >= 4 is 21.7 Å². The molecule has 1 aliphatic carbocycles. The van der Waals surface area contributed by atoms with Gasteiger partial charge in [0, 0.05) is 16.0 Å². The van der Waals surface area contributed by atoms with E-state index in [1.807, 2.05) is 24.3 Å². The Kier molecular flexibility index (Phi) is 3.80. The normalized spacial score (nSPS) is 25.4. The molecule has 16 heavy (non-hydrogen) atoms. The van der Waals surface area contributed by atoms with Crippen LogP contribution in [0.5, 0.6) is 0 Å². The molecule has 1 nitrogen and oxygen atoms in total. The maximum atomic E-state index is 12.3. The van der Waals surface area contributed by atoms with Crippen molar-refractivity contribution in [2.75, 3.05) is 0 Å². The van der Waals surface area contributed by atoms with Crippen LogP contribution in [0, 0.1) is 11.8 Å². The highest BCUT2D eigenvalue weighted by atomic mass is 79.9. The van der Waals surface area contributed by atoms with Crippen LogP contribution in [0.2, 0.25) is 0 Å². The van der Waals surface area contributed by atoms with Crippen molar-refractivity contribution in [1.82, 2.24) is 0 Å². The smallest absolute Gasteiger partial charge is 0.167 e. The second-order valence-electron chi connectivity index (χ2n) is 4.81. The van der Waals surface area contributed by atoms with Gasteiger partial charge in [0.15, 0.2) is 5.78 Å². The molecular formula is C14H17BrO. The Balaban J connectivity index is 2.16. The fourth-order valence-electron chi connectivity index (χ4n) is 2.55. The van der Waals surface area contributed by atoms with E-state index < -0.39 is 0 Å². The van der Waals surface area contributed by atoms with Gasteiger partial charge in [-0.05, 0) is 24.8 Å². The molecule has 0 heterocycles. The zero-order valence-corrected chi connectivity index (χ0v) is 11.2. The second-order valence-corrected chi connectivity index (χ2v) is 5.67. The fraction of sp³-hybridized carbons (Fsp3) is 0.500. The molecule has 1 aromatic rings. The van der Waals surface area contributed by atoms with E-state index in [0.717, 1.165) is 22.9 Å². The molecular weight excluding hydrogens is 264 g/mol. The van der Waals surface area contributed by atoms with Gasteiger partial charge in [-0.15, -0.1) is 0 Å². The number of ketones is 1. The molecule has 2 unspecified atom stereocenters. The summed E-state index contributed by atoms with van der Waals surface area (Å²) in [6, 6.07) is 7.75. The van der Waals surface area contributed by atoms with Crippen LogP contribution < -0.4 is 0 Å². The molecule has 0 aromatic heterocycles. The van der Waals surface area contributed by atoms with E-state index in [9.17, 15) is 4.79 Å². The van der Waals surface area contributed by atoms with Crippen LogP contribution >= 0.6 is 15.9 Å². The first-order valence-electron chi connectivity index (χ1n) is 5.97. The molecule has 0 spiro atoms. The average molecular weight is 281 g/mol. The number of rotatable bonds is 2. The van der Waals surface area contributed by atoms with E-state index in [1.165, 1.54) is 12.8 Å². The summed E-state index contributed by atoms with van der Waals surface area (Å²) >= 11 is 3.46. The van der Waals surface area contributed by atoms with Gasteiger partial charge in [0.05, 0.1) is 0 Å². The highest BCUT2D eigenvalue weighted by Gasteiger charge is 2.26. The minimum Gasteiger partial charge on any atom is -0.294 e. The van der Waals surface area contributed by atoms with Gasteiger partial charge in [-0.2, -0.15) is 0 Å². The molecule has 0 radical (unpaired) electrons. The number of carbonyl (C=O) groups excluding carboxylic acids is 1. The van der Waals surface area contributed by atoms with E-state index in [0.29, 0.717) is 11.7 Å². The van der Waals surface area contributed by atoms with Gasteiger partial charge in [0.2, 0.25) is 0 Å². The lowest BCUT2D eigenvalue weighted by Crippen LogP contribution is -2.22. The predicted molar refractivity (Wildman–Crippen MR) is 69.6 cm³/mol. The maximum absolute atomic E-state index is 12.3. The van der Waals surface area contributed by atoms with Crippen LogP contribution in [0.1, 0.15) is 43.0 Å². The van der Waals surface area contributed by atoms with Crippen LogP contribution in [0.15, 0.2) is 28.7 Å². The van der Waals surface area contributed by atoms with Crippen molar-refractivity contribution in [3.05, 3.63) is 34.3 Å². The third-order valence-corrected chi connectivity index (χ3v) is 4.14. The van der Waals surface area contributed by atoms with E-state index in [-0.39, 0.29) is 5.92 Å². The zero-order chi connectivity index (χ0) is 11.5. The van der Waals surface area contributed by atoms with Gasteiger partial charge in [-0.25, -0.2) is 0 Å². The molecule has 0 N–H and O–H groups in total. The SMILES string of the molecule is CC1CCCC(C(=O)c2ccccc2Br)C1. The van der Waals surface area contributed by atoms with Crippen LogP contribution in [0.4, 0.5) is 0 Å². The molecule has 1 fully saturated rings. The van der Waals surface area contributed by atoms with Crippen molar-refractivity contribution < 1.29 is 4.79 Å². The molecule has 1 aliphatic rings. The molecule has 0 saturated heterocycles. The molecule has 0 bridgehead atoms. The number of benzene rings is 1. The van der Waals surface area contributed by atoms with Gasteiger partial charge < -0.3 is 0 Å². The summed E-state index contributed by atoms with van der Waals surface area (Å²) in [6.07, 6.45) is 4.59. The van der Waals surface area contributed by atoms with Crippen LogP contribution in [0.25, 0.3) is 0 Å². The van der Waals surface area contributed by atoms with Gasteiger partial charge in [-0.3, -0.25) is 4.79 Å². The van der Waals surface area contributed by atoms with Crippen LogP contribution in [0.3, 0.4) is 0 Å². The lowest BCUT2D eigenvalue weighted by molar-refractivity contribution is 0.0867. The first-order valence-corrected chi connectivity index (χ1v) is 6.76. The highest BCUT2D eigenvalue weighted by Crippen LogP contribution is 2.32. The summed E-state index contributed by atoms with van der Waals surface area (Å²) in [5.74, 6) is 1.26. The van der Waals surface area contributed by atoms with Crippen LogP contribution in [-0.4, -0.2) is 5.78 Å². The minimum atomic E-state index is 0.238. The Morgan fingerprint density at radius 3 is 2.75 bits per heavy atom. The lowest BCUT2D eigenvalue weighted by atomic mass is 9.79. The van der Waals surface area contributed by atoms with Crippen molar-refractivity contribution in [2.45, 2.75) is 32.6 Å². The molecule has 1 saturated carbocycles. The standard InChI is InChI=1S/C14H17BrO/c1-10-5-4-6-11(9-10)14(16)12-7-2-3-8-13(12)15/h2-3,7-8,10-11H,4-6,9H2,1H3. The number of halogens is 1. The molecule has 2 rings (SSSR count). The third kappa shape index (κ3) is 2.54. The Morgan fingerprint density at radius 2 is 2.06 bits per heavy atom. The summed E-state index contributed by atoms with van der Waals surface area (Å²) in [7, 11) is 0. The topological polar surface area (TPSA) is 17.1 Å². The quantitative estimate of drug-likeness (QED) is 0.731. The summed E-state index contributed by atoms with van der Waals surface area (Å²) in [5, 5.41) is 0. The Hall–Kier alpha value is -0.630. The first kappa shape index (κ1) is 11.8. The fourth-order valence-corrected chi connectivity index (χ4v) is 3.03. The van der Waals surface area contributed by atoms with E-state index >= 15 is 0 Å². The highest BCUT2D eigenvalue weighted by molar-refractivity contribution is 9.10. The van der Waals surface area contributed by atoms with Crippen molar-refractivity contribution in [2.24, 2.45) is 11.8 Å². The van der Waals surface area contributed by atoms with Crippen LogP contribution in [-0.2, 0) is 0 Å². The molecule has 2 atom stereocenters. The summed E-state index contributed by atoms with van der Waals surface area (Å²) < 4.78 is 0.929. The molecule has 1 aromatic carbocycles. The molecule has 0 amide bonds. The monoisotopic (exact) mass is 280 g/mol. The number of hydrogen-bond acceptors (Lipinski definition) is 1. The van der Waals surface area contributed by atoms with Crippen molar-refractivity contribution in [3.8, 4) is 0 Å². The van der Waals surface area contributed by atoms with E-state index in [1.54, 1.807) is 0 Å². The molecule has 2 heteroatoms. The Bertz CT molecular complexity index is 386. The summed E-state index contributed by atoms with van der Waals surface area (Å²) in [4.78, 5) is 12.3. The largest absolute Gasteiger partial charge is 0.294 e. The lowest BCUT2D eigenvalue weighted by Gasteiger charge is -2.25. The van der Waals surface area contributed by atoms with Gasteiger partial charge in [-0.1, -0.05) is 53.9 Å². The first-order chi connectivity index (χ1) is 7.68. The number of Topliss-reactive ketones (excluding diaryl/α,β-unsaturated/α-hetero) is 1. The second kappa shape index (κ2) is 5.13. The van der Waals surface area contributed by atoms with Gasteiger partial charge >= 0.3 is 0 Å². The Morgan fingerprint density at radius 1 is 1.31 bits per heavy atom. The van der Waals surface area contributed by atoms with Crippen molar-refractivity contribution in [1.29, 1.82) is 0 Å². The van der Waals surface area contributed by atoms with E-state index in [4.69, 9.17) is 0 Å². The Labute approximate surface area is 105 Å². The maximum Gasteiger partial charge on any atom is 0.167 e. The van der Waals surface area contributed by atoms with Crippen molar-refractivity contribution in [3.63, 3.8) is 0 Å². The zero-order valence-electron chi connectivity index (χ0n) is 9.58. The summed E-state index contributed by atoms with van der Waals surface area (Å²) in [5.41, 5.74) is 0.849. The summed E-state index contributed by atoms with van der Waals surface area (Å²) in [6.45, 7) is 2.25. The van der Waals surface area contributed by atoms with Gasteiger partial charge in [0.25, 0.3) is 0 Å². The van der Waals surface area contributed by atoms with Gasteiger partial charge in [0.1, 0.15) is 0 Å². The minimum absolute atomic E-state index is 0.238. The molecule has 86 valence electrons. The predicted octanol–water partition coefficient (Wildman–Crippen LogP) is 4.46. The molecule has 0 aliphatic heterocycles.